The first-order valence-electron chi connectivity index (χ1n) is 25.0. The molecule has 17 heteroatoms. The Morgan fingerprint density at radius 3 is 2.10 bits per heavy atom. The summed E-state index contributed by atoms with van der Waals surface area (Å²) in [4.78, 5) is 4.09. The van der Waals surface area contributed by atoms with Crippen LogP contribution in [0.1, 0.15) is 168 Å². The molecule has 6 atom stereocenters. The van der Waals surface area contributed by atoms with Crippen molar-refractivity contribution in [1.29, 1.82) is 10.5 Å². The molecule has 2 aliphatic heterocycles. The summed E-state index contributed by atoms with van der Waals surface area (Å²) in [5, 5.41) is 25.2. The number of nitriles is 2. The molecule has 376 valence electrons. The lowest BCUT2D eigenvalue weighted by atomic mass is 9.96. The quantitative estimate of drug-likeness (QED) is 0.0369. The van der Waals surface area contributed by atoms with Crippen LogP contribution < -0.4 is 19.7 Å². The van der Waals surface area contributed by atoms with Gasteiger partial charge in [0.2, 0.25) is 5.60 Å². The van der Waals surface area contributed by atoms with E-state index < -0.39 is 50.2 Å². The lowest BCUT2D eigenvalue weighted by Gasteiger charge is -2.30. The summed E-state index contributed by atoms with van der Waals surface area (Å²) >= 11 is 6.53. The van der Waals surface area contributed by atoms with Crippen LogP contribution in [-0.4, -0.2) is 63.6 Å². The van der Waals surface area contributed by atoms with Crippen molar-refractivity contribution in [2.24, 2.45) is 0 Å². The van der Waals surface area contributed by atoms with Crippen LogP contribution in [0.5, 0.6) is 17.2 Å². The van der Waals surface area contributed by atoms with Crippen molar-refractivity contribution in [2.75, 3.05) is 18.9 Å². The van der Waals surface area contributed by atoms with Crippen molar-refractivity contribution in [3.05, 3.63) is 77.2 Å². The number of phosphoric ester groups is 1. The molecule has 0 spiro atoms. The van der Waals surface area contributed by atoms with Crippen LogP contribution in [0, 0.1) is 22.7 Å². The molecule has 2 aliphatic rings. The number of nitrogens with two attached hydrogens (primary N) is 1. The van der Waals surface area contributed by atoms with Gasteiger partial charge in [-0.1, -0.05) is 133 Å². The van der Waals surface area contributed by atoms with Gasteiger partial charge in [0.25, 0.3) is 0 Å². The fraction of sp³-hybridized carbons (Fsp3) is 0.615. The van der Waals surface area contributed by atoms with Gasteiger partial charge in [0.05, 0.1) is 29.0 Å². The predicted molar refractivity (Wildman–Crippen MR) is 265 cm³/mol. The van der Waals surface area contributed by atoms with E-state index in [4.69, 9.17) is 54.6 Å². The number of nitrogen functional groups attached to an aromatic ring is 1. The molecule has 0 saturated carbocycles. The second-order valence-electron chi connectivity index (χ2n) is 18.9. The second kappa shape index (κ2) is 26.1. The number of fused-ring (bicyclic) bond motifs is 2. The number of nitrogens with zero attached hydrogens (tertiary/aromatic N) is 5. The van der Waals surface area contributed by atoms with Gasteiger partial charge in [0.15, 0.2) is 11.6 Å². The minimum atomic E-state index is -4.65. The monoisotopic (exact) mass is 990 g/mol. The average molecular weight is 992 g/mol. The number of benzene rings is 2. The summed E-state index contributed by atoms with van der Waals surface area (Å²) in [7, 11) is -4.65. The molecule has 2 fully saturated rings. The van der Waals surface area contributed by atoms with E-state index in [-0.39, 0.29) is 29.3 Å². The van der Waals surface area contributed by atoms with Crippen molar-refractivity contribution in [2.45, 2.75) is 192 Å². The maximum Gasteiger partial charge on any atom is 0.530 e. The van der Waals surface area contributed by atoms with Gasteiger partial charge in [-0.3, -0.25) is 9.05 Å². The summed E-state index contributed by atoms with van der Waals surface area (Å²) in [5.41, 5.74) is 5.73. The second-order valence-corrected chi connectivity index (χ2v) is 20.9. The standard InChI is InChI=1S/C52H72ClN6O9P/c1-6-7-8-9-10-11-12-13-14-15-16-17-18-19-20-21-22-25-41(64-40-29-28-39(33-54)46(32-40)63-38(2)3)34-61-69(60,68-45-27-24-23-26-42(45)53)62-36-52(35-55)49-48(65-51(4,5)67-49)47(66-52)43-30-31-44-50(56)57-37-58-59(43)44/h23-24,26-32,37-38,41,47-49H,6-22,25,34,36H2,1-5H3,(H2,56,57,58)/t41-,47+,48+,49+,52-,69?/m1/s1. The first-order chi connectivity index (χ1) is 33.3. The highest BCUT2D eigenvalue weighted by molar-refractivity contribution is 7.49. The largest absolute Gasteiger partial charge is 0.530 e. The molecule has 0 bridgehead atoms. The van der Waals surface area contributed by atoms with E-state index in [0.29, 0.717) is 34.7 Å². The van der Waals surface area contributed by atoms with Crippen LogP contribution in [0.4, 0.5) is 5.82 Å². The molecular weight excluding hydrogens is 919 g/mol. The smallest absolute Gasteiger partial charge is 0.489 e. The van der Waals surface area contributed by atoms with E-state index in [1.807, 2.05) is 13.8 Å². The molecular formula is C52H72ClN6O9P. The number of phosphoric acid groups is 1. The Kier molecular flexibility index (Phi) is 20.4. The molecule has 2 N–H and O–H groups in total. The molecule has 0 amide bonds. The van der Waals surface area contributed by atoms with Crippen LogP contribution in [0.3, 0.4) is 0 Å². The molecule has 0 aliphatic carbocycles. The molecule has 69 heavy (non-hydrogen) atoms. The fourth-order valence-corrected chi connectivity index (χ4v) is 10.5. The van der Waals surface area contributed by atoms with E-state index in [2.05, 4.69) is 29.1 Å². The Bertz CT molecular complexity index is 2370. The van der Waals surface area contributed by atoms with Gasteiger partial charge in [-0.2, -0.15) is 15.6 Å². The van der Waals surface area contributed by atoms with Crippen LogP contribution in [-0.2, 0) is 27.8 Å². The highest BCUT2D eigenvalue weighted by Gasteiger charge is 2.65. The normalized spacial score (nSPS) is 20.9. The number of halogens is 1. The van der Waals surface area contributed by atoms with Crippen molar-refractivity contribution in [3.63, 3.8) is 0 Å². The summed E-state index contributed by atoms with van der Waals surface area (Å²) in [5.74, 6) is 0.0216. The predicted octanol–water partition coefficient (Wildman–Crippen LogP) is 13.2. The number of aromatic nitrogens is 3. The average Bonchev–Trinajstić information content (AvgIpc) is 3.99. The Morgan fingerprint density at radius 2 is 1.48 bits per heavy atom. The Hall–Kier alpha value is -4.44. The van der Waals surface area contributed by atoms with Crippen LogP contribution in [0.25, 0.3) is 5.52 Å². The Morgan fingerprint density at radius 1 is 0.826 bits per heavy atom. The summed E-state index contributed by atoms with van der Waals surface area (Å²) < 4.78 is 66.7. The minimum Gasteiger partial charge on any atom is -0.489 e. The molecule has 2 saturated heterocycles. The molecule has 2 aromatic heterocycles. The Balaban J connectivity index is 1.12. The number of para-hydroxylation sites is 1. The Labute approximate surface area is 413 Å². The summed E-state index contributed by atoms with van der Waals surface area (Å²) in [6.45, 7) is 8.66. The summed E-state index contributed by atoms with van der Waals surface area (Å²) in [6, 6.07) is 19.5. The third-order valence-electron chi connectivity index (χ3n) is 12.5. The number of hydrogen-bond donors (Lipinski definition) is 1. The van der Waals surface area contributed by atoms with E-state index in [1.165, 1.54) is 89.8 Å². The van der Waals surface area contributed by atoms with Gasteiger partial charge in [-0.25, -0.2) is 14.1 Å². The molecule has 4 heterocycles. The third-order valence-corrected chi connectivity index (χ3v) is 14.1. The molecule has 6 rings (SSSR count). The molecule has 0 radical (unpaired) electrons. The number of ether oxygens (including phenoxy) is 5. The highest BCUT2D eigenvalue weighted by Crippen LogP contribution is 2.55. The van der Waals surface area contributed by atoms with Gasteiger partial charge in [0, 0.05) is 6.07 Å². The van der Waals surface area contributed by atoms with Crippen LogP contribution in [0.15, 0.2) is 60.9 Å². The third kappa shape index (κ3) is 15.3. The first-order valence-corrected chi connectivity index (χ1v) is 26.9. The van der Waals surface area contributed by atoms with Crippen LogP contribution >= 0.6 is 19.4 Å². The van der Waals surface area contributed by atoms with Gasteiger partial charge in [-0.15, -0.1) is 0 Å². The molecule has 4 aromatic rings. The van der Waals surface area contributed by atoms with E-state index in [1.54, 1.807) is 73.0 Å². The molecule has 15 nitrogen and oxygen atoms in total. The van der Waals surface area contributed by atoms with Crippen molar-refractivity contribution in [1.82, 2.24) is 14.6 Å². The van der Waals surface area contributed by atoms with Crippen molar-refractivity contribution >= 4 is 30.8 Å². The number of rotatable bonds is 31. The maximum atomic E-state index is 15.0. The van der Waals surface area contributed by atoms with E-state index >= 15 is 4.57 Å². The number of hydrogen-bond acceptors (Lipinski definition) is 14. The minimum absolute atomic E-state index is 0.0447. The topological polar surface area (TPSA) is 195 Å². The molecule has 2 aromatic carbocycles. The zero-order chi connectivity index (χ0) is 49.3. The zero-order valence-electron chi connectivity index (χ0n) is 41.1. The van der Waals surface area contributed by atoms with Gasteiger partial charge >= 0.3 is 7.82 Å². The van der Waals surface area contributed by atoms with Crippen LogP contribution in [0.2, 0.25) is 5.02 Å². The number of unbranched alkanes of at least 4 members (excludes halogenated alkanes) is 16. The van der Waals surface area contributed by atoms with E-state index in [0.717, 1.165) is 25.7 Å². The maximum absolute atomic E-state index is 15.0. The fourth-order valence-electron chi connectivity index (χ4n) is 8.95. The van der Waals surface area contributed by atoms with Crippen molar-refractivity contribution in [3.8, 4) is 29.4 Å². The zero-order valence-corrected chi connectivity index (χ0v) is 42.8. The molecule has 1 unspecified atom stereocenters. The highest BCUT2D eigenvalue weighted by atomic mass is 35.5. The lowest BCUT2D eigenvalue weighted by Crippen LogP contribution is -2.46. The van der Waals surface area contributed by atoms with E-state index in [9.17, 15) is 10.5 Å². The summed E-state index contributed by atoms with van der Waals surface area (Å²) in [6.07, 6.45) is 19.6. The first kappa shape index (κ1) is 53.9. The number of anilines is 1. The SMILES string of the molecule is CCCCCCCCCCCCCCCCCCC[C@H](COP(=O)(OC[C@@]1(C#N)O[C@@H](c2ccc3c(N)ncnn23)[C@@H]2OC(C)(C)O[C@@H]21)Oc1ccccc1Cl)Oc1ccc(C#N)c(OC(C)C)c1. The van der Waals surface area contributed by atoms with Gasteiger partial charge in [0.1, 0.15) is 72.3 Å². The van der Waals surface area contributed by atoms with Crippen molar-refractivity contribution < 1.29 is 41.8 Å². The van der Waals surface area contributed by atoms with Gasteiger partial charge < -0.3 is 33.9 Å². The lowest BCUT2D eigenvalue weighted by molar-refractivity contribution is -0.204. The van der Waals surface area contributed by atoms with Gasteiger partial charge in [-0.05, 0) is 76.9 Å².